The van der Waals surface area contributed by atoms with Gasteiger partial charge in [0.25, 0.3) is 11.8 Å². The van der Waals surface area contributed by atoms with Crippen LogP contribution in [0.1, 0.15) is 10.5 Å². The van der Waals surface area contributed by atoms with Crippen molar-refractivity contribution in [1.82, 2.24) is 14.9 Å². The predicted octanol–water partition coefficient (Wildman–Crippen LogP) is 1.33. The van der Waals surface area contributed by atoms with Gasteiger partial charge in [-0.1, -0.05) is 0 Å². The minimum absolute atomic E-state index is 0.112. The molecule has 0 saturated carbocycles. The van der Waals surface area contributed by atoms with Gasteiger partial charge in [0, 0.05) is 6.20 Å². The van der Waals surface area contributed by atoms with Crippen molar-refractivity contribution in [1.29, 1.82) is 0 Å². The van der Waals surface area contributed by atoms with Crippen molar-refractivity contribution in [2.45, 2.75) is 5.92 Å². The van der Waals surface area contributed by atoms with Crippen LogP contribution in [-0.2, 0) is 0 Å². The first-order valence-corrected chi connectivity index (χ1v) is 4.91. The average Bonchev–Trinajstić information content (AvgIpc) is 2.14. The highest BCUT2D eigenvalue weighted by molar-refractivity contribution is 9.10. The van der Waals surface area contributed by atoms with Gasteiger partial charge in [-0.2, -0.15) is 0 Å². The van der Waals surface area contributed by atoms with Crippen molar-refractivity contribution >= 4 is 21.8 Å². The molecule has 1 amide bonds. The lowest BCUT2D eigenvalue weighted by atomic mass is 10.1. The average molecular weight is 278 g/mol. The molecule has 0 spiro atoms. The van der Waals surface area contributed by atoms with E-state index < -0.39 is 24.9 Å². The minimum atomic E-state index is -2.75. The molecule has 1 aliphatic heterocycles. The van der Waals surface area contributed by atoms with Crippen molar-refractivity contribution in [3.05, 3.63) is 22.7 Å². The second-order valence-electron chi connectivity index (χ2n) is 3.24. The van der Waals surface area contributed by atoms with E-state index in [1.807, 2.05) is 0 Å². The Balaban J connectivity index is 2.14. The van der Waals surface area contributed by atoms with E-state index in [-0.39, 0.29) is 5.69 Å². The molecule has 0 atom stereocenters. The molecule has 0 aromatic carbocycles. The maximum atomic E-state index is 12.5. The van der Waals surface area contributed by atoms with Gasteiger partial charge in [0.15, 0.2) is 0 Å². The van der Waals surface area contributed by atoms with E-state index in [1.54, 1.807) is 0 Å². The molecule has 0 unspecified atom stereocenters. The van der Waals surface area contributed by atoms with Crippen molar-refractivity contribution in [2.75, 3.05) is 13.1 Å². The van der Waals surface area contributed by atoms with E-state index in [0.717, 1.165) is 4.90 Å². The van der Waals surface area contributed by atoms with Crippen LogP contribution in [0, 0.1) is 0 Å². The molecule has 1 fully saturated rings. The highest BCUT2D eigenvalue weighted by Crippen LogP contribution is 2.28. The van der Waals surface area contributed by atoms with Gasteiger partial charge < -0.3 is 4.90 Å². The van der Waals surface area contributed by atoms with Gasteiger partial charge in [0.2, 0.25) is 0 Å². The first kappa shape index (κ1) is 10.4. The zero-order chi connectivity index (χ0) is 11.1. The zero-order valence-corrected chi connectivity index (χ0v) is 9.04. The van der Waals surface area contributed by atoms with E-state index in [1.165, 1.54) is 12.5 Å². The molecular formula is C8H6BrF2N3O. The summed E-state index contributed by atoms with van der Waals surface area (Å²) >= 11 is 3.09. The van der Waals surface area contributed by atoms with Crippen molar-refractivity contribution in [3.63, 3.8) is 0 Å². The summed E-state index contributed by atoms with van der Waals surface area (Å²) in [6.07, 6.45) is 2.61. The van der Waals surface area contributed by atoms with Crippen LogP contribution < -0.4 is 0 Å². The molecule has 2 rings (SSSR count). The lowest BCUT2D eigenvalue weighted by molar-refractivity contribution is -0.113. The Kier molecular flexibility index (Phi) is 2.41. The summed E-state index contributed by atoms with van der Waals surface area (Å²) in [6, 6.07) is 0. The monoisotopic (exact) mass is 277 g/mol. The van der Waals surface area contributed by atoms with Crippen LogP contribution in [0.15, 0.2) is 17.0 Å². The Bertz CT molecular complexity index is 405. The number of hydrogen-bond acceptors (Lipinski definition) is 3. The number of halogens is 3. The van der Waals surface area contributed by atoms with Crippen LogP contribution >= 0.6 is 15.9 Å². The van der Waals surface area contributed by atoms with E-state index in [0.29, 0.717) is 4.47 Å². The second kappa shape index (κ2) is 3.48. The molecule has 2 heterocycles. The van der Waals surface area contributed by atoms with E-state index in [2.05, 4.69) is 25.9 Å². The maximum Gasteiger partial charge on any atom is 0.282 e. The quantitative estimate of drug-likeness (QED) is 0.778. The number of rotatable bonds is 1. The lowest BCUT2D eigenvalue weighted by Crippen LogP contribution is -2.58. The number of aromatic nitrogens is 2. The highest BCUT2D eigenvalue weighted by Gasteiger charge is 2.46. The molecule has 7 heteroatoms. The largest absolute Gasteiger partial charge is 0.325 e. The number of alkyl halides is 2. The number of hydrogen-bond donors (Lipinski definition) is 0. The molecule has 1 saturated heterocycles. The summed E-state index contributed by atoms with van der Waals surface area (Å²) in [5, 5.41) is 0. The fourth-order valence-corrected chi connectivity index (χ4v) is 1.67. The van der Waals surface area contributed by atoms with Crippen LogP contribution in [0.25, 0.3) is 0 Å². The van der Waals surface area contributed by atoms with Gasteiger partial charge in [-0.3, -0.25) is 4.79 Å². The fraction of sp³-hybridized carbons (Fsp3) is 0.375. The van der Waals surface area contributed by atoms with Crippen LogP contribution in [0.5, 0.6) is 0 Å². The van der Waals surface area contributed by atoms with Gasteiger partial charge in [-0.25, -0.2) is 18.7 Å². The van der Waals surface area contributed by atoms with Crippen LogP contribution in [0.4, 0.5) is 8.78 Å². The van der Waals surface area contributed by atoms with Crippen LogP contribution in [-0.4, -0.2) is 39.8 Å². The number of carbonyl (C=O) groups is 1. The van der Waals surface area contributed by atoms with Crippen molar-refractivity contribution < 1.29 is 13.6 Å². The Labute approximate surface area is 92.4 Å². The molecule has 1 aromatic rings. The van der Waals surface area contributed by atoms with E-state index in [9.17, 15) is 13.6 Å². The van der Waals surface area contributed by atoms with Gasteiger partial charge in [-0.05, 0) is 15.9 Å². The van der Waals surface area contributed by atoms with Gasteiger partial charge in [-0.15, -0.1) is 0 Å². The molecule has 1 aromatic heterocycles. The third-order valence-corrected chi connectivity index (χ3v) is 2.58. The Hall–Kier alpha value is -1.11. The molecule has 0 N–H and O–H groups in total. The summed E-state index contributed by atoms with van der Waals surface area (Å²) in [5.41, 5.74) is 0.112. The fourth-order valence-electron chi connectivity index (χ4n) is 1.28. The Morgan fingerprint density at radius 1 is 1.53 bits per heavy atom. The molecule has 0 bridgehead atoms. The van der Waals surface area contributed by atoms with Crippen LogP contribution in [0.3, 0.4) is 0 Å². The number of likely N-dealkylation sites (tertiary alicyclic amines) is 1. The Morgan fingerprint density at radius 3 is 2.73 bits per heavy atom. The van der Waals surface area contributed by atoms with E-state index >= 15 is 0 Å². The first-order valence-electron chi connectivity index (χ1n) is 4.12. The maximum absolute atomic E-state index is 12.5. The summed E-state index contributed by atoms with van der Waals surface area (Å²) in [6.45, 7) is -1.08. The standard InChI is InChI=1S/C8H6BrF2N3O/c9-5-1-12-4-13-6(5)7(15)14-2-8(10,11)3-14/h1,4H,2-3H2. The second-order valence-corrected chi connectivity index (χ2v) is 4.09. The van der Waals surface area contributed by atoms with Crippen molar-refractivity contribution in [3.8, 4) is 0 Å². The van der Waals surface area contributed by atoms with Crippen LogP contribution in [0.2, 0.25) is 0 Å². The third kappa shape index (κ3) is 1.97. The number of carbonyl (C=O) groups excluding carboxylic acids is 1. The third-order valence-electron chi connectivity index (χ3n) is 2.00. The Morgan fingerprint density at radius 2 is 2.20 bits per heavy atom. The molecule has 0 aliphatic carbocycles. The molecule has 4 nitrogen and oxygen atoms in total. The number of amides is 1. The molecule has 0 radical (unpaired) electrons. The SMILES string of the molecule is O=C(c1ncncc1Br)N1CC(F)(F)C1. The number of nitrogens with zero attached hydrogens (tertiary/aromatic N) is 3. The highest BCUT2D eigenvalue weighted by atomic mass is 79.9. The van der Waals surface area contributed by atoms with E-state index in [4.69, 9.17) is 0 Å². The zero-order valence-electron chi connectivity index (χ0n) is 7.45. The molecule has 1 aliphatic rings. The smallest absolute Gasteiger partial charge is 0.282 e. The summed E-state index contributed by atoms with van der Waals surface area (Å²) in [5.74, 6) is -3.26. The normalized spacial score (nSPS) is 18.5. The lowest BCUT2D eigenvalue weighted by Gasteiger charge is -2.38. The molecular weight excluding hydrogens is 272 g/mol. The molecule has 15 heavy (non-hydrogen) atoms. The predicted molar refractivity (Wildman–Crippen MR) is 50.6 cm³/mol. The first-order chi connectivity index (χ1) is 6.99. The van der Waals surface area contributed by atoms with Gasteiger partial charge >= 0.3 is 0 Å². The summed E-state index contributed by atoms with van der Waals surface area (Å²) in [7, 11) is 0. The topological polar surface area (TPSA) is 46.1 Å². The minimum Gasteiger partial charge on any atom is -0.325 e. The van der Waals surface area contributed by atoms with Crippen molar-refractivity contribution in [2.24, 2.45) is 0 Å². The summed E-state index contributed by atoms with van der Waals surface area (Å²) < 4.78 is 25.5. The molecule has 80 valence electrons. The van der Waals surface area contributed by atoms with Gasteiger partial charge in [0.1, 0.15) is 12.0 Å². The van der Waals surface area contributed by atoms with Gasteiger partial charge in [0.05, 0.1) is 17.6 Å². The summed E-state index contributed by atoms with van der Waals surface area (Å²) in [4.78, 5) is 20.1.